The van der Waals surface area contributed by atoms with Crippen LogP contribution in [0.25, 0.3) is 16.9 Å². The van der Waals surface area contributed by atoms with Gasteiger partial charge in [-0.25, -0.2) is 9.37 Å². The Morgan fingerprint density at radius 2 is 2.06 bits per heavy atom. The minimum atomic E-state index is -0.521. The first-order valence-electron chi connectivity index (χ1n) is 11.7. The third-order valence-corrected chi connectivity index (χ3v) is 6.03. The molecule has 2 aromatic carbocycles. The van der Waals surface area contributed by atoms with E-state index >= 15 is 0 Å². The molecule has 0 radical (unpaired) electrons. The van der Waals surface area contributed by atoms with Crippen LogP contribution in [0.15, 0.2) is 54.9 Å². The fourth-order valence-corrected chi connectivity index (χ4v) is 4.01. The van der Waals surface area contributed by atoms with Crippen molar-refractivity contribution in [3.8, 4) is 28.5 Å². The van der Waals surface area contributed by atoms with Crippen LogP contribution in [0.5, 0.6) is 17.2 Å². The van der Waals surface area contributed by atoms with Crippen molar-refractivity contribution in [1.29, 1.82) is 0 Å². The summed E-state index contributed by atoms with van der Waals surface area (Å²) in [4.78, 5) is 17.2. The summed E-state index contributed by atoms with van der Waals surface area (Å²) in [7, 11) is 1.62. The summed E-state index contributed by atoms with van der Waals surface area (Å²) in [5, 5.41) is 16.4. The zero-order valence-corrected chi connectivity index (χ0v) is 20.0. The van der Waals surface area contributed by atoms with Crippen molar-refractivity contribution in [3.63, 3.8) is 0 Å². The number of aromatic nitrogens is 2. The number of aryl methyl sites for hydroxylation is 1. The van der Waals surface area contributed by atoms with Crippen LogP contribution in [0.4, 0.5) is 10.1 Å². The fourth-order valence-electron chi connectivity index (χ4n) is 4.01. The molecule has 5 rings (SSSR count). The summed E-state index contributed by atoms with van der Waals surface area (Å²) in [5.74, 6) is -0.380. The topological polar surface area (TPSA) is 97.1 Å². The van der Waals surface area contributed by atoms with E-state index in [9.17, 15) is 14.3 Å². The van der Waals surface area contributed by atoms with E-state index in [1.807, 2.05) is 29.5 Å². The van der Waals surface area contributed by atoms with Gasteiger partial charge in [0.05, 0.1) is 30.4 Å². The lowest BCUT2D eigenvalue weighted by atomic mass is 10.0. The predicted octanol–water partition coefficient (Wildman–Crippen LogP) is 4.90. The largest absolute Gasteiger partial charge is 0.504 e. The summed E-state index contributed by atoms with van der Waals surface area (Å²) in [6.07, 6.45) is 5.54. The van der Waals surface area contributed by atoms with E-state index in [4.69, 9.17) is 9.47 Å². The van der Waals surface area contributed by atoms with Crippen molar-refractivity contribution in [1.82, 2.24) is 14.7 Å². The Bertz CT molecular complexity index is 1430. The van der Waals surface area contributed by atoms with Crippen molar-refractivity contribution in [2.24, 2.45) is 0 Å². The first-order chi connectivity index (χ1) is 17.4. The second kappa shape index (κ2) is 9.87. The van der Waals surface area contributed by atoms with Gasteiger partial charge in [0.15, 0.2) is 17.1 Å². The van der Waals surface area contributed by atoms with Gasteiger partial charge in [-0.2, -0.15) is 0 Å². The number of imidazole rings is 1. The molecule has 186 valence electrons. The van der Waals surface area contributed by atoms with E-state index < -0.39 is 5.82 Å². The first-order valence-corrected chi connectivity index (χ1v) is 11.7. The molecule has 3 N–H and O–H groups in total. The number of carbonyl (C=O) groups is 1. The van der Waals surface area contributed by atoms with Crippen molar-refractivity contribution in [2.75, 3.05) is 25.6 Å². The second-order valence-corrected chi connectivity index (χ2v) is 8.84. The van der Waals surface area contributed by atoms with Gasteiger partial charge in [-0.3, -0.25) is 9.20 Å². The van der Waals surface area contributed by atoms with Crippen molar-refractivity contribution in [2.45, 2.75) is 25.8 Å². The average molecular weight is 491 g/mol. The van der Waals surface area contributed by atoms with Crippen LogP contribution >= 0.6 is 0 Å². The van der Waals surface area contributed by atoms with Gasteiger partial charge >= 0.3 is 0 Å². The number of phenolic OH excluding ortho intramolecular Hbond substituents is 1. The number of phenols is 1. The smallest absolute Gasteiger partial charge is 0.251 e. The van der Waals surface area contributed by atoms with Crippen molar-refractivity contribution in [3.05, 3.63) is 71.8 Å². The number of hydrogen-bond acceptors (Lipinski definition) is 6. The maximum absolute atomic E-state index is 13.8. The first kappa shape index (κ1) is 23.6. The number of aromatic hydroxyl groups is 1. The molecule has 0 spiro atoms. The quantitative estimate of drug-likeness (QED) is 0.289. The van der Waals surface area contributed by atoms with E-state index in [-0.39, 0.29) is 23.4 Å². The molecule has 36 heavy (non-hydrogen) atoms. The molecular formula is C27H27FN4O4. The minimum Gasteiger partial charge on any atom is -0.504 e. The Kier molecular flexibility index (Phi) is 6.47. The summed E-state index contributed by atoms with van der Waals surface area (Å²) >= 11 is 0. The van der Waals surface area contributed by atoms with Crippen LogP contribution in [0.3, 0.4) is 0 Å². The third-order valence-electron chi connectivity index (χ3n) is 6.03. The van der Waals surface area contributed by atoms with Crippen LogP contribution < -0.4 is 15.4 Å². The molecule has 2 heterocycles. The number of hydrogen-bond donors (Lipinski definition) is 3. The number of anilines is 1. The van der Waals surface area contributed by atoms with Crippen LogP contribution in [-0.2, 0) is 4.74 Å². The van der Waals surface area contributed by atoms with Gasteiger partial charge in [0.1, 0.15) is 11.6 Å². The molecule has 0 unspecified atom stereocenters. The summed E-state index contributed by atoms with van der Waals surface area (Å²) < 4.78 is 26.6. The fraction of sp³-hybridized carbons (Fsp3) is 0.259. The maximum Gasteiger partial charge on any atom is 0.251 e. The minimum absolute atomic E-state index is 0.000675. The molecule has 9 heteroatoms. The Morgan fingerprint density at radius 3 is 2.81 bits per heavy atom. The Hall–Kier alpha value is -4.11. The van der Waals surface area contributed by atoms with E-state index in [0.29, 0.717) is 35.8 Å². The van der Waals surface area contributed by atoms with E-state index in [0.717, 1.165) is 41.8 Å². The molecule has 1 aliphatic rings. The number of nitrogens with zero attached hydrogens (tertiary/aromatic N) is 2. The zero-order chi connectivity index (χ0) is 25.2. The molecule has 8 nitrogen and oxygen atoms in total. The van der Waals surface area contributed by atoms with Crippen LogP contribution in [0.1, 0.15) is 28.8 Å². The molecule has 2 aromatic heterocycles. The Morgan fingerprint density at radius 1 is 1.22 bits per heavy atom. The number of halogens is 1. The number of fused-ring (bicyclic) bond motifs is 1. The SMILES string of the molecule is COCCNc1cc(Oc2cc(F)ccc2O)cn2c(-c3ccc(C(=O)NC4CC4)c(C)c3)cnc12. The lowest BCUT2D eigenvalue weighted by molar-refractivity contribution is 0.0950. The number of ether oxygens (including phenoxy) is 2. The molecule has 0 bridgehead atoms. The zero-order valence-electron chi connectivity index (χ0n) is 20.0. The number of pyridine rings is 1. The number of benzene rings is 2. The van der Waals surface area contributed by atoms with Crippen LogP contribution in [0.2, 0.25) is 0 Å². The molecule has 1 saturated carbocycles. The molecular weight excluding hydrogens is 463 g/mol. The number of nitrogens with one attached hydrogen (secondary N) is 2. The van der Waals surface area contributed by atoms with E-state index in [1.54, 1.807) is 25.6 Å². The highest BCUT2D eigenvalue weighted by atomic mass is 19.1. The van der Waals surface area contributed by atoms with Gasteiger partial charge in [-0.15, -0.1) is 0 Å². The maximum atomic E-state index is 13.8. The molecule has 4 aromatic rings. The molecule has 1 amide bonds. The van der Waals surface area contributed by atoms with E-state index in [2.05, 4.69) is 15.6 Å². The van der Waals surface area contributed by atoms with Gasteiger partial charge in [0.2, 0.25) is 0 Å². The number of carbonyl (C=O) groups excluding carboxylic acids is 1. The molecule has 1 fully saturated rings. The van der Waals surface area contributed by atoms with Crippen molar-refractivity contribution >= 4 is 17.2 Å². The van der Waals surface area contributed by atoms with Gasteiger partial charge in [0.25, 0.3) is 5.91 Å². The Labute approximate surface area is 207 Å². The summed E-state index contributed by atoms with van der Waals surface area (Å²) in [6.45, 7) is 2.93. The lowest BCUT2D eigenvalue weighted by Crippen LogP contribution is -2.26. The average Bonchev–Trinajstić information content (AvgIpc) is 3.56. The highest BCUT2D eigenvalue weighted by Crippen LogP contribution is 2.35. The predicted molar refractivity (Wildman–Crippen MR) is 134 cm³/mol. The monoisotopic (exact) mass is 490 g/mol. The number of amides is 1. The summed E-state index contributed by atoms with van der Waals surface area (Å²) in [6, 6.07) is 11.2. The highest BCUT2D eigenvalue weighted by Gasteiger charge is 2.24. The second-order valence-electron chi connectivity index (χ2n) is 8.84. The summed E-state index contributed by atoms with van der Waals surface area (Å²) in [5.41, 5.74) is 4.50. The van der Waals surface area contributed by atoms with Gasteiger partial charge < -0.3 is 25.2 Å². The Balaban J connectivity index is 1.53. The van der Waals surface area contributed by atoms with Gasteiger partial charge in [-0.05, 0) is 49.6 Å². The third kappa shape index (κ3) is 4.96. The molecule has 0 atom stereocenters. The van der Waals surface area contributed by atoms with Crippen LogP contribution in [-0.4, -0.2) is 46.7 Å². The number of rotatable bonds is 9. The van der Waals surface area contributed by atoms with E-state index in [1.165, 1.54) is 6.07 Å². The standard InChI is InChI=1S/C27H27FN4O4/c1-16-11-17(3-7-21(16)27(34)31-19-5-6-19)23-14-30-26-22(29-9-10-35-2)13-20(15-32(23)26)36-25-12-18(28)4-8-24(25)33/h3-4,7-8,11-15,19,29,33H,5-6,9-10H2,1-2H3,(H,31,34). The molecule has 0 aliphatic heterocycles. The molecule has 1 aliphatic carbocycles. The van der Waals surface area contributed by atoms with Gasteiger partial charge in [-0.1, -0.05) is 6.07 Å². The highest BCUT2D eigenvalue weighted by molar-refractivity contribution is 5.96. The lowest BCUT2D eigenvalue weighted by Gasteiger charge is -2.14. The number of methoxy groups -OCH3 is 1. The van der Waals surface area contributed by atoms with Gasteiger partial charge in [0, 0.05) is 43.0 Å². The normalized spacial score (nSPS) is 13.1. The van der Waals surface area contributed by atoms with Crippen molar-refractivity contribution < 1.29 is 23.8 Å². The van der Waals surface area contributed by atoms with Crippen LogP contribution in [0, 0.1) is 12.7 Å². The molecule has 0 saturated heterocycles.